The zero-order chi connectivity index (χ0) is 19.3. The minimum Gasteiger partial charge on any atom is -0.497 e. The number of hydrogen-bond acceptors (Lipinski definition) is 4. The van der Waals surface area contributed by atoms with Gasteiger partial charge in [0.2, 0.25) is 5.91 Å². The highest BCUT2D eigenvalue weighted by molar-refractivity contribution is 5.78. The lowest BCUT2D eigenvalue weighted by Gasteiger charge is -2.37. The van der Waals surface area contributed by atoms with E-state index in [0.29, 0.717) is 12.6 Å². The van der Waals surface area contributed by atoms with Crippen molar-refractivity contribution in [3.05, 3.63) is 60.2 Å². The van der Waals surface area contributed by atoms with Crippen LogP contribution in [0.2, 0.25) is 0 Å². The molecule has 0 bridgehead atoms. The van der Waals surface area contributed by atoms with E-state index in [-0.39, 0.29) is 5.91 Å². The predicted octanol–water partition coefficient (Wildman–Crippen LogP) is 3.18. The Balaban J connectivity index is 1.34. The second-order valence-electron chi connectivity index (χ2n) is 7.61. The molecule has 5 nitrogen and oxygen atoms in total. The highest BCUT2D eigenvalue weighted by Gasteiger charge is 2.30. The molecule has 5 heteroatoms. The Hall–Kier alpha value is -2.53. The van der Waals surface area contributed by atoms with Gasteiger partial charge in [-0.25, -0.2) is 0 Å². The van der Waals surface area contributed by atoms with Gasteiger partial charge in [-0.3, -0.25) is 9.69 Å². The standard InChI is InChI=1S/C23H29N3O2/c1-28-21-10-5-7-19(17-21)22-11-6-12-26(22)18-23(27)25-15-13-24(14-16-25)20-8-3-2-4-9-20/h2-5,7-10,17,22H,6,11-16,18H2,1H3/t22-/m1/s1. The Morgan fingerprint density at radius 3 is 2.54 bits per heavy atom. The number of piperazine rings is 1. The molecular weight excluding hydrogens is 350 g/mol. The van der Waals surface area contributed by atoms with E-state index in [0.717, 1.165) is 51.3 Å². The van der Waals surface area contributed by atoms with E-state index in [4.69, 9.17) is 4.74 Å². The number of ether oxygens (including phenoxy) is 1. The van der Waals surface area contributed by atoms with Crippen LogP contribution in [0.4, 0.5) is 5.69 Å². The third-order valence-electron chi connectivity index (χ3n) is 5.93. The fourth-order valence-corrected chi connectivity index (χ4v) is 4.37. The second kappa shape index (κ2) is 8.65. The summed E-state index contributed by atoms with van der Waals surface area (Å²) in [6, 6.07) is 19.0. The Bertz CT molecular complexity index is 787. The highest BCUT2D eigenvalue weighted by atomic mass is 16.5. The number of hydrogen-bond donors (Lipinski definition) is 0. The molecule has 0 saturated carbocycles. The smallest absolute Gasteiger partial charge is 0.236 e. The molecule has 2 heterocycles. The van der Waals surface area contributed by atoms with E-state index >= 15 is 0 Å². The number of amides is 1. The van der Waals surface area contributed by atoms with E-state index in [1.165, 1.54) is 11.3 Å². The molecule has 2 aromatic carbocycles. The van der Waals surface area contributed by atoms with Crippen molar-refractivity contribution in [2.45, 2.75) is 18.9 Å². The van der Waals surface area contributed by atoms with Gasteiger partial charge in [0.1, 0.15) is 5.75 Å². The van der Waals surface area contributed by atoms with Crippen LogP contribution < -0.4 is 9.64 Å². The van der Waals surface area contributed by atoms with Gasteiger partial charge < -0.3 is 14.5 Å². The summed E-state index contributed by atoms with van der Waals surface area (Å²) in [6.45, 7) is 4.88. The molecule has 0 radical (unpaired) electrons. The molecule has 2 fully saturated rings. The molecule has 2 saturated heterocycles. The van der Waals surface area contributed by atoms with Gasteiger partial charge in [0.15, 0.2) is 0 Å². The van der Waals surface area contributed by atoms with Crippen LogP contribution in [0.3, 0.4) is 0 Å². The van der Waals surface area contributed by atoms with Crippen LogP contribution >= 0.6 is 0 Å². The first-order chi connectivity index (χ1) is 13.7. The van der Waals surface area contributed by atoms with Crippen molar-refractivity contribution >= 4 is 11.6 Å². The van der Waals surface area contributed by atoms with Gasteiger partial charge in [0, 0.05) is 37.9 Å². The summed E-state index contributed by atoms with van der Waals surface area (Å²) in [5, 5.41) is 0. The van der Waals surface area contributed by atoms with Crippen LogP contribution in [0.15, 0.2) is 54.6 Å². The molecule has 1 amide bonds. The van der Waals surface area contributed by atoms with Crippen LogP contribution in [-0.4, -0.2) is 62.1 Å². The van der Waals surface area contributed by atoms with Crippen LogP contribution in [0.5, 0.6) is 5.75 Å². The van der Waals surface area contributed by atoms with Crippen molar-refractivity contribution < 1.29 is 9.53 Å². The maximum Gasteiger partial charge on any atom is 0.236 e. The first kappa shape index (κ1) is 18.8. The summed E-state index contributed by atoms with van der Waals surface area (Å²) < 4.78 is 5.37. The Morgan fingerprint density at radius 1 is 1.00 bits per heavy atom. The molecular formula is C23H29N3O2. The number of nitrogens with zero attached hydrogens (tertiary/aromatic N) is 3. The first-order valence-corrected chi connectivity index (χ1v) is 10.2. The van der Waals surface area contributed by atoms with Crippen LogP contribution in [0.1, 0.15) is 24.4 Å². The maximum atomic E-state index is 12.9. The average molecular weight is 380 g/mol. The maximum absolute atomic E-state index is 12.9. The number of benzene rings is 2. The molecule has 2 aliphatic heterocycles. The number of carbonyl (C=O) groups excluding carboxylic acids is 1. The molecule has 0 spiro atoms. The third kappa shape index (κ3) is 4.14. The van der Waals surface area contributed by atoms with E-state index in [9.17, 15) is 4.79 Å². The third-order valence-corrected chi connectivity index (χ3v) is 5.93. The van der Waals surface area contributed by atoms with E-state index in [2.05, 4.69) is 46.2 Å². The minimum atomic E-state index is 0.252. The van der Waals surface area contributed by atoms with Crippen molar-refractivity contribution in [1.82, 2.24) is 9.80 Å². The monoisotopic (exact) mass is 379 g/mol. The largest absolute Gasteiger partial charge is 0.497 e. The fraction of sp³-hybridized carbons (Fsp3) is 0.435. The van der Waals surface area contributed by atoms with E-state index < -0.39 is 0 Å². The summed E-state index contributed by atoms with van der Waals surface area (Å²) in [4.78, 5) is 19.7. The Kier molecular flexibility index (Phi) is 5.81. The zero-order valence-electron chi connectivity index (χ0n) is 16.6. The van der Waals surface area contributed by atoms with Crippen molar-refractivity contribution in [2.24, 2.45) is 0 Å². The van der Waals surface area contributed by atoms with Crippen LogP contribution in [0.25, 0.3) is 0 Å². The summed E-state index contributed by atoms with van der Waals surface area (Å²) in [7, 11) is 1.70. The molecule has 28 heavy (non-hydrogen) atoms. The highest BCUT2D eigenvalue weighted by Crippen LogP contribution is 2.33. The van der Waals surface area contributed by atoms with Gasteiger partial charge in [-0.1, -0.05) is 30.3 Å². The van der Waals surface area contributed by atoms with Crippen LogP contribution in [-0.2, 0) is 4.79 Å². The minimum absolute atomic E-state index is 0.252. The van der Waals surface area contributed by atoms with Gasteiger partial charge in [0.25, 0.3) is 0 Å². The lowest BCUT2D eigenvalue weighted by Crippen LogP contribution is -2.51. The number of para-hydroxylation sites is 1. The van der Waals surface area contributed by atoms with Gasteiger partial charge in [0.05, 0.1) is 13.7 Å². The predicted molar refractivity (Wildman–Crippen MR) is 112 cm³/mol. The number of anilines is 1. The number of likely N-dealkylation sites (tertiary alicyclic amines) is 1. The van der Waals surface area contributed by atoms with Gasteiger partial charge in [-0.15, -0.1) is 0 Å². The normalized spacial score (nSPS) is 20.4. The molecule has 0 aromatic heterocycles. The summed E-state index contributed by atoms with van der Waals surface area (Å²) in [5.74, 6) is 1.13. The van der Waals surface area contributed by atoms with Crippen molar-refractivity contribution in [1.29, 1.82) is 0 Å². The summed E-state index contributed by atoms with van der Waals surface area (Å²) in [6.07, 6.45) is 2.24. The van der Waals surface area contributed by atoms with Crippen molar-refractivity contribution in [3.63, 3.8) is 0 Å². The summed E-state index contributed by atoms with van der Waals surface area (Å²) in [5.41, 5.74) is 2.49. The number of rotatable bonds is 5. The number of methoxy groups -OCH3 is 1. The Morgan fingerprint density at radius 2 is 1.79 bits per heavy atom. The molecule has 148 valence electrons. The molecule has 0 aliphatic carbocycles. The van der Waals surface area contributed by atoms with E-state index in [1.54, 1.807) is 7.11 Å². The van der Waals surface area contributed by atoms with Crippen LogP contribution in [0, 0.1) is 0 Å². The van der Waals surface area contributed by atoms with Crippen molar-refractivity contribution in [2.75, 3.05) is 51.3 Å². The number of carbonyl (C=O) groups is 1. The SMILES string of the molecule is COc1cccc([C@H]2CCCN2CC(=O)N2CCN(c3ccccc3)CC2)c1. The topological polar surface area (TPSA) is 36.0 Å². The molecule has 1 atom stereocenters. The molecule has 2 aromatic rings. The van der Waals surface area contributed by atoms with Gasteiger partial charge in [-0.2, -0.15) is 0 Å². The molecule has 2 aliphatic rings. The average Bonchev–Trinajstić information content (AvgIpc) is 3.22. The zero-order valence-corrected chi connectivity index (χ0v) is 16.6. The van der Waals surface area contributed by atoms with E-state index in [1.807, 2.05) is 23.1 Å². The Labute approximate surface area is 167 Å². The molecule has 0 N–H and O–H groups in total. The lowest BCUT2D eigenvalue weighted by molar-refractivity contribution is -0.133. The second-order valence-corrected chi connectivity index (χ2v) is 7.61. The van der Waals surface area contributed by atoms with Gasteiger partial charge >= 0.3 is 0 Å². The van der Waals surface area contributed by atoms with Crippen molar-refractivity contribution in [3.8, 4) is 5.75 Å². The summed E-state index contributed by atoms with van der Waals surface area (Å²) >= 11 is 0. The van der Waals surface area contributed by atoms with Gasteiger partial charge in [-0.05, 0) is 49.2 Å². The fourth-order valence-electron chi connectivity index (χ4n) is 4.37. The molecule has 4 rings (SSSR count). The lowest BCUT2D eigenvalue weighted by atomic mass is 10.0. The quantitative estimate of drug-likeness (QED) is 0.799. The first-order valence-electron chi connectivity index (χ1n) is 10.2. The molecule has 0 unspecified atom stereocenters.